The Hall–Kier alpha value is -1.88. The Morgan fingerprint density at radius 2 is 1.79 bits per heavy atom. The normalized spacial score (nSPS) is 15.6. The molecule has 0 spiro atoms. The smallest absolute Gasteiger partial charge is 0.251 e. The van der Waals surface area contributed by atoms with Gasteiger partial charge in [0.1, 0.15) is 0 Å². The summed E-state index contributed by atoms with van der Waals surface area (Å²) in [4.78, 5) is 27.4. The van der Waals surface area contributed by atoms with E-state index in [-0.39, 0.29) is 11.8 Å². The van der Waals surface area contributed by atoms with Crippen LogP contribution in [0.25, 0.3) is 0 Å². The summed E-state index contributed by atoms with van der Waals surface area (Å²) in [6.07, 6.45) is 3.15. The molecule has 1 aliphatic heterocycles. The van der Waals surface area contributed by atoms with Crippen LogP contribution in [-0.2, 0) is 11.2 Å². The second-order valence-corrected chi connectivity index (χ2v) is 6.91. The third-order valence-corrected chi connectivity index (χ3v) is 4.64. The number of carbonyl (C=O) groups is 2. The van der Waals surface area contributed by atoms with Gasteiger partial charge in [0, 0.05) is 38.7 Å². The van der Waals surface area contributed by atoms with E-state index in [1.807, 2.05) is 36.0 Å². The van der Waals surface area contributed by atoms with Crippen molar-refractivity contribution in [3.63, 3.8) is 0 Å². The Kier molecular flexibility index (Phi) is 6.79. The lowest BCUT2D eigenvalue weighted by molar-refractivity contribution is -0.130. The molecule has 1 aromatic rings. The van der Waals surface area contributed by atoms with Crippen LogP contribution in [0, 0.1) is 5.92 Å². The molecular formula is C19H29N3O2. The number of nitrogens with one attached hydrogen (secondary N) is 1. The van der Waals surface area contributed by atoms with Crippen molar-refractivity contribution in [1.82, 2.24) is 15.1 Å². The van der Waals surface area contributed by atoms with Gasteiger partial charge in [0.15, 0.2) is 0 Å². The predicted octanol–water partition coefficient (Wildman–Crippen LogP) is 1.78. The molecule has 0 saturated carbocycles. The zero-order valence-corrected chi connectivity index (χ0v) is 15.0. The molecule has 0 radical (unpaired) electrons. The summed E-state index contributed by atoms with van der Waals surface area (Å²) in [5, 5.41) is 2.93. The molecule has 1 aromatic carbocycles. The maximum Gasteiger partial charge on any atom is 0.251 e. The first-order valence-electron chi connectivity index (χ1n) is 8.73. The third-order valence-electron chi connectivity index (χ3n) is 4.64. The summed E-state index contributed by atoms with van der Waals surface area (Å²) in [6, 6.07) is 7.92. The number of hydrogen-bond acceptors (Lipinski definition) is 3. The van der Waals surface area contributed by atoms with Gasteiger partial charge in [-0.2, -0.15) is 0 Å². The Morgan fingerprint density at radius 1 is 1.17 bits per heavy atom. The summed E-state index contributed by atoms with van der Waals surface area (Å²) < 4.78 is 0. The number of carbonyl (C=O) groups excluding carboxylic acids is 2. The molecule has 0 aromatic heterocycles. The van der Waals surface area contributed by atoms with Gasteiger partial charge < -0.3 is 15.1 Å². The average Bonchev–Trinajstić information content (AvgIpc) is 2.55. The molecule has 1 aliphatic rings. The van der Waals surface area contributed by atoms with Gasteiger partial charge in [-0.05, 0) is 57.0 Å². The first-order valence-corrected chi connectivity index (χ1v) is 8.73. The van der Waals surface area contributed by atoms with Crippen molar-refractivity contribution in [2.45, 2.75) is 26.2 Å². The van der Waals surface area contributed by atoms with Crippen LogP contribution in [0.1, 0.15) is 35.7 Å². The summed E-state index contributed by atoms with van der Waals surface area (Å²) in [7, 11) is 3.98. The van der Waals surface area contributed by atoms with Crippen molar-refractivity contribution < 1.29 is 9.59 Å². The second-order valence-electron chi connectivity index (χ2n) is 6.91. The van der Waals surface area contributed by atoms with Crippen LogP contribution in [0.4, 0.5) is 0 Å². The molecular weight excluding hydrogens is 302 g/mol. The molecule has 24 heavy (non-hydrogen) atoms. The number of likely N-dealkylation sites (N-methyl/N-ethyl adjacent to an activating group) is 1. The topological polar surface area (TPSA) is 52.7 Å². The van der Waals surface area contributed by atoms with Crippen LogP contribution >= 0.6 is 0 Å². The Morgan fingerprint density at radius 3 is 2.33 bits per heavy atom. The summed E-state index contributed by atoms with van der Waals surface area (Å²) in [6.45, 7) is 4.87. The molecule has 0 unspecified atom stereocenters. The predicted molar refractivity (Wildman–Crippen MR) is 96.0 cm³/mol. The minimum absolute atomic E-state index is 0.0156. The largest absolute Gasteiger partial charge is 0.351 e. The molecule has 2 amide bonds. The van der Waals surface area contributed by atoms with Crippen molar-refractivity contribution in [3.8, 4) is 0 Å². The number of amides is 2. The van der Waals surface area contributed by atoms with Gasteiger partial charge >= 0.3 is 0 Å². The highest BCUT2D eigenvalue weighted by Gasteiger charge is 2.20. The van der Waals surface area contributed by atoms with Gasteiger partial charge in [-0.25, -0.2) is 0 Å². The van der Waals surface area contributed by atoms with E-state index in [9.17, 15) is 9.59 Å². The highest BCUT2D eigenvalue weighted by molar-refractivity contribution is 5.94. The van der Waals surface area contributed by atoms with E-state index in [1.54, 1.807) is 6.92 Å². The first kappa shape index (κ1) is 18.5. The van der Waals surface area contributed by atoms with Crippen LogP contribution in [0.2, 0.25) is 0 Å². The highest BCUT2D eigenvalue weighted by Crippen LogP contribution is 2.22. The molecule has 132 valence electrons. The molecule has 1 N–H and O–H groups in total. The number of hydrogen-bond donors (Lipinski definition) is 1. The van der Waals surface area contributed by atoms with Crippen molar-refractivity contribution in [1.29, 1.82) is 0 Å². The number of nitrogens with zero attached hydrogens (tertiary/aromatic N) is 2. The van der Waals surface area contributed by atoms with Crippen LogP contribution in [0.15, 0.2) is 24.3 Å². The molecule has 0 atom stereocenters. The fourth-order valence-electron chi connectivity index (χ4n) is 3.07. The van der Waals surface area contributed by atoms with Crippen molar-refractivity contribution >= 4 is 11.8 Å². The van der Waals surface area contributed by atoms with Gasteiger partial charge in [-0.1, -0.05) is 12.1 Å². The Balaban J connectivity index is 1.80. The number of piperidine rings is 1. The van der Waals surface area contributed by atoms with Gasteiger partial charge in [0.05, 0.1) is 0 Å². The van der Waals surface area contributed by atoms with Gasteiger partial charge in [0.25, 0.3) is 5.91 Å². The molecule has 2 rings (SSSR count). The van der Waals surface area contributed by atoms with Gasteiger partial charge in [-0.3, -0.25) is 9.59 Å². The Labute approximate surface area is 145 Å². The molecule has 5 nitrogen and oxygen atoms in total. The number of rotatable bonds is 6. The lowest BCUT2D eigenvalue weighted by atomic mass is 9.90. The monoisotopic (exact) mass is 331 g/mol. The van der Waals surface area contributed by atoms with Crippen LogP contribution in [-0.4, -0.2) is 61.9 Å². The van der Waals surface area contributed by atoms with E-state index in [0.717, 1.165) is 38.9 Å². The summed E-state index contributed by atoms with van der Waals surface area (Å²) >= 11 is 0. The molecule has 0 bridgehead atoms. The molecule has 1 saturated heterocycles. The zero-order chi connectivity index (χ0) is 17.5. The Bertz CT molecular complexity index is 546. The van der Waals surface area contributed by atoms with Crippen LogP contribution in [0.5, 0.6) is 0 Å². The maximum atomic E-state index is 12.1. The van der Waals surface area contributed by atoms with E-state index in [1.165, 1.54) is 5.56 Å². The summed E-state index contributed by atoms with van der Waals surface area (Å²) in [5.74, 6) is 0.789. The quantitative estimate of drug-likeness (QED) is 0.864. The fourth-order valence-corrected chi connectivity index (χ4v) is 3.07. The number of likely N-dealkylation sites (tertiary alicyclic amines) is 1. The minimum Gasteiger partial charge on any atom is -0.351 e. The highest BCUT2D eigenvalue weighted by atomic mass is 16.2. The molecule has 5 heteroatoms. The van der Waals surface area contributed by atoms with Crippen LogP contribution < -0.4 is 5.32 Å². The van der Waals surface area contributed by atoms with Crippen molar-refractivity contribution in [3.05, 3.63) is 35.4 Å². The van der Waals surface area contributed by atoms with Gasteiger partial charge in [0.2, 0.25) is 5.91 Å². The second kappa shape index (κ2) is 8.83. The maximum absolute atomic E-state index is 12.1. The molecule has 1 fully saturated rings. The van der Waals surface area contributed by atoms with Crippen molar-refractivity contribution in [2.75, 3.05) is 40.3 Å². The van der Waals surface area contributed by atoms with E-state index in [2.05, 4.69) is 17.4 Å². The van der Waals surface area contributed by atoms with E-state index in [4.69, 9.17) is 0 Å². The lowest BCUT2D eigenvalue weighted by Crippen LogP contribution is -2.37. The standard InChI is InChI=1S/C19H29N3O2/c1-15(23)22-11-8-17(9-12-22)14-16-4-6-18(7-5-16)19(24)20-10-13-21(2)3/h4-7,17H,8-14H2,1-3H3,(H,20,24). The van der Waals surface area contributed by atoms with E-state index >= 15 is 0 Å². The molecule has 0 aliphatic carbocycles. The lowest BCUT2D eigenvalue weighted by Gasteiger charge is -2.31. The van der Waals surface area contributed by atoms with Gasteiger partial charge in [-0.15, -0.1) is 0 Å². The van der Waals surface area contributed by atoms with Crippen molar-refractivity contribution in [2.24, 2.45) is 5.92 Å². The summed E-state index contributed by atoms with van der Waals surface area (Å²) in [5.41, 5.74) is 1.98. The van der Waals surface area contributed by atoms with Crippen LogP contribution in [0.3, 0.4) is 0 Å². The average molecular weight is 331 g/mol. The first-order chi connectivity index (χ1) is 11.5. The zero-order valence-electron chi connectivity index (χ0n) is 15.0. The minimum atomic E-state index is -0.0156. The van der Waals surface area contributed by atoms with E-state index < -0.39 is 0 Å². The number of benzene rings is 1. The SMILES string of the molecule is CC(=O)N1CCC(Cc2ccc(C(=O)NCCN(C)C)cc2)CC1. The molecule has 1 heterocycles. The van der Waals surface area contributed by atoms with E-state index in [0.29, 0.717) is 18.0 Å². The third kappa shape index (κ3) is 5.64. The fraction of sp³-hybridized carbons (Fsp3) is 0.579.